The molecule has 1 aromatic heterocycles. The SMILES string of the molecule is Cc1ccc(C2(O)CCN(C(=O)c3cc4cc(Cl)ccc4nc3C)C2)cc1. The first-order valence-electron chi connectivity index (χ1n) is 9.01. The van der Waals surface area contributed by atoms with Gasteiger partial charge < -0.3 is 10.0 Å². The molecule has 1 fully saturated rings. The highest BCUT2D eigenvalue weighted by Crippen LogP contribution is 2.33. The molecular formula is C22H21ClN2O2. The third kappa shape index (κ3) is 3.31. The van der Waals surface area contributed by atoms with Crippen LogP contribution in [-0.2, 0) is 5.60 Å². The Balaban J connectivity index is 1.63. The standard InChI is InChI=1S/C22H21ClN2O2/c1-14-3-5-17(6-4-14)22(27)9-10-25(13-22)21(26)19-12-16-11-18(23)7-8-20(16)24-15(19)2/h3-8,11-12,27H,9-10,13H2,1-2H3. The van der Waals surface area contributed by atoms with Crippen LogP contribution in [0.5, 0.6) is 0 Å². The number of halogens is 1. The number of aliphatic hydroxyl groups is 1. The molecule has 2 heterocycles. The van der Waals surface area contributed by atoms with Crippen molar-refractivity contribution < 1.29 is 9.90 Å². The van der Waals surface area contributed by atoms with E-state index in [1.165, 1.54) is 0 Å². The summed E-state index contributed by atoms with van der Waals surface area (Å²) in [6, 6.07) is 15.1. The number of likely N-dealkylation sites (tertiary alicyclic amines) is 1. The monoisotopic (exact) mass is 380 g/mol. The highest BCUT2D eigenvalue weighted by molar-refractivity contribution is 6.31. The molecule has 1 unspecified atom stereocenters. The third-order valence-corrected chi connectivity index (χ3v) is 5.56. The lowest BCUT2D eigenvalue weighted by molar-refractivity contribution is 0.0417. The molecule has 2 aromatic carbocycles. The number of nitrogens with zero attached hydrogens (tertiary/aromatic N) is 2. The van der Waals surface area contributed by atoms with Gasteiger partial charge >= 0.3 is 0 Å². The molecule has 0 spiro atoms. The van der Waals surface area contributed by atoms with Crippen LogP contribution in [-0.4, -0.2) is 34.0 Å². The summed E-state index contributed by atoms with van der Waals surface area (Å²) in [7, 11) is 0. The second kappa shape index (κ2) is 6.63. The summed E-state index contributed by atoms with van der Waals surface area (Å²) < 4.78 is 0. The predicted molar refractivity (Wildman–Crippen MR) is 107 cm³/mol. The van der Waals surface area contributed by atoms with Crippen molar-refractivity contribution in [3.63, 3.8) is 0 Å². The lowest BCUT2D eigenvalue weighted by Gasteiger charge is -2.24. The van der Waals surface area contributed by atoms with E-state index in [1.807, 2.05) is 56.3 Å². The zero-order valence-corrected chi connectivity index (χ0v) is 16.1. The Kier molecular flexibility index (Phi) is 4.41. The number of hydrogen-bond donors (Lipinski definition) is 1. The van der Waals surface area contributed by atoms with E-state index in [2.05, 4.69) is 4.98 Å². The Bertz CT molecular complexity index is 1030. The summed E-state index contributed by atoms with van der Waals surface area (Å²) in [5.41, 5.74) is 3.03. The maximum absolute atomic E-state index is 13.1. The summed E-state index contributed by atoms with van der Waals surface area (Å²) >= 11 is 6.08. The van der Waals surface area contributed by atoms with E-state index < -0.39 is 5.60 Å². The maximum atomic E-state index is 13.1. The van der Waals surface area contributed by atoms with Gasteiger partial charge in [0.05, 0.1) is 23.3 Å². The fraction of sp³-hybridized carbons (Fsp3) is 0.273. The summed E-state index contributed by atoms with van der Waals surface area (Å²) in [4.78, 5) is 19.4. The van der Waals surface area contributed by atoms with Crippen LogP contribution < -0.4 is 0 Å². The Labute approximate surface area is 163 Å². The first kappa shape index (κ1) is 18.0. The Morgan fingerprint density at radius 3 is 2.63 bits per heavy atom. The van der Waals surface area contributed by atoms with Gasteiger partial charge in [0.15, 0.2) is 0 Å². The molecule has 1 N–H and O–H groups in total. The quantitative estimate of drug-likeness (QED) is 0.723. The van der Waals surface area contributed by atoms with Gasteiger partial charge in [-0.2, -0.15) is 0 Å². The fourth-order valence-electron chi connectivity index (χ4n) is 3.70. The number of rotatable bonds is 2. The van der Waals surface area contributed by atoms with Gasteiger partial charge in [-0.25, -0.2) is 0 Å². The Morgan fingerprint density at radius 2 is 1.89 bits per heavy atom. The number of hydrogen-bond acceptors (Lipinski definition) is 3. The van der Waals surface area contributed by atoms with Crippen LogP contribution in [0.3, 0.4) is 0 Å². The second-order valence-corrected chi connectivity index (χ2v) is 7.77. The number of aromatic nitrogens is 1. The minimum absolute atomic E-state index is 0.107. The Morgan fingerprint density at radius 1 is 1.15 bits per heavy atom. The molecular weight excluding hydrogens is 360 g/mol. The van der Waals surface area contributed by atoms with Crippen molar-refractivity contribution in [2.24, 2.45) is 0 Å². The summed E-state index contributed by atoms with van der Waals surface area (Å²) in [6.45, 7) is 4.64. The topological polar surface area (TPSA) is 53.4 Å². The lowest BCUT2D eigenvalue weighted by Crippen LogP contribution is -2.34. The van der Waals surface area contributed by atoms with E-state index in [0.717, 1.165) is 22.0 Å². The van der Waals surface area contributed by atoms with Gasteiger partial charge in [-0.1, -0.05) is 41.4 Å². The molecule has 0 radical (unpaired) electrons. The molecule has 0 bridgehead atoms. The number of benzene rings is 2. The maximum Gasteiger partial charge on any atom is 0.255 e. The van der Waals surface area contributed by atoms with Crippen LogP contribution in [0.2, 0.25) is 5.02 Å². The molecule has 4 nitrogen and oxygen atoms in total. The number of fused-ring (bicyclic) bond motifs is 1. The van der Waals surface area contributed by atoms with E-state index in [-0.39, 0.29) is 12.5 Å². The zero-order chi connectivity index (χ0) is 19.2. The van der Waals surface area contributed by atoms with Crippen molar-refractivity contribution in [2.45, 2.75) is 25.9 Å². The number of β-amino-alcohol motifs (C(OH)–C–C–N with tert-alkyl or cyclic N) is 1. The van der Waals surface area contributed by atoms with Crippen molar-refractivity contribution in [1.82, 2.24) is 9.88 Å². The van der Waals surface area contributed by atoms with Gasteiger partial charge in [0, 0.05) is 17.0 Å². The van der Waals surface area contributed by atoms with E-state index in [1.54, 1.807) is 11.0 Å². The molecule has 0 saturated carbocycles. The van der Waals surface area contributed by atoms with E-state index >= 15 is 0 Å². The van der Waals surface area contributed by atoms with Gasteiger partial charge in [0.1, 0.15) is 5.60 Å². The Hall–Kier alpha value is -2.43. The molecule has 138 valence electrons. The fourth-order valence-corrected chi connectivity index (χ4v) is 3.88. The predicted octanol–water partition coefficient (Wildman–Crippen LogP) is 4.24. The number of carbonyl (C=O) groups is 1. The van der Waals surface area contributed by atoms with Crippen molar-refractivity contribution in [3.8, 4) is 0 Å². The van der Waals surface area contributed by atoms with Crippen LogP contribution >= 0.6 is 11.6 Å². The average Bonchev–Trinajstić information content (AvgIpc) is 3.05. The van der Waals surface area contributed by atoms with E-state index in [0.29, 0.717) is 29.2 Å². The summed E-state index contributed by atoms with van der Waals surface area (Å²) in [6.07, 6.45) is 0.522. The van der Waals surface area contributed by atoms with Gasteiger partial charge in [0.2, 0.25) is 0 Å². The van der Waals surface area contributed by atoms with Crippen LogP contribution in [0.4, 0.5) is 0 Å². The summed E-state index contributed by atoms with van der Waals surface area (Å²) in [5.74, 6) is -0.107. The first-order chi connectivity index (χ1) is 12.9. The van der Waals surface area contributed by atoms with Crippen LogP contribution in [0.25, 0.3) is 10.9 Å². The molecule has 1 amide bonds. The van der Waals surface area contributed by atoms with E-state index in [9.17, 15) is 9.90 Å². The van der Waals surface area contributed by atoms with Gasteiger partial charge in [-0.15, -0.1) is 0 Å². The number of pyridine rings is 1. The van der Waals surface area contributed by atoms with Crippen molar-refractivity contribution >= 4 is 28.4 Å². The van der Waals surface area contributed by atoms with Gasteiger partial charge in [-0.3, -0.25) is 9.78 Å². The molecule has 1 aliphatic rings. The van der Waals surface area contributed by atoms with Crippen LogP contribution in [0.15, 0.2) is 48.5 Å². The molecule has 5 heteroatoms. The molecule has 27 heavy (non-hydrogen) atoms. The highest BCUT2D eigenvalue weighted by Gasteiger charge is 2.40. The number of aryl methyl sites for hydroxylation is 2. The van der Waals surface area contributed by atoms with Crippen molar-refractivity contribution in [1.29, 1.82) is 0 Å². The third-order valence-electron chi connectivity index (χ3n) is 5.32. The zero-order valence-electron chi connectivity index (χ0n) is 15.4. The molecule has 1 aliphatic heterocycles. The van der Waals surface area contributed by atoms with Crippen LogP contribution in [0.1, 0.15) is 33.6 Å². The van der Waals surface area contributed by atoms with Gasteiger partial charge in [0.25, 0.3) is 5.91 Å². The van der Waals surface area contributed by atoms with Crippen molar-refractivity contribution in [2.75, 3.05) is 13.1 Å². The molecule has 1 atom stereocenters. The normalized spacial score (nSPS) is 19.6. The average molecular weight is 381 g/mol. The minimum Gasteiger partial charge on any atom is -0.383 e. The summed E-state index contributed by atoms with van der Waals surface area (Å²) in [5, 5.41) is 12.5. The van der Waals surface area contributed by atoms with Crippen LogP contribution in [0, 0.1) is 13.8 Å². The lowest BCUT2D eigenvalue weighted by atomic mass is 9.92. The smallest absolute Gasteiger partial charge is 0.255 e. The number of amides is 1. The first-order valence-corrected chi connectivity index (χ1v) is 9.39. The molecule has 0 aliphatic carbocycles. The van der Waals surface area contributed by atoms with E-state index in [4.69, 9.17) is 11.6 Å². The van der Waals surface area contributed by atoms with Crippen molar-refractivity contribution in [3.05, 3.63) is 75.9 Å². The second-order valence-electron chi connectivity index (χ2n) is 7.33. The number of carbonyl (C=O) groups excluding carboxylic acids is 1. The highest BCUT2D eigenvalue weighted by atomic mass is 35.5. The molecule has 1 saturated heterocycles. The molecule has 3 aromatic rings. The van der Waals surface area contributed by atoms with Gasteiger partial charge in [-0.05, 0) is 50.1 Å². The minimum atomic E-state index is -1.01. The molecule has 4 rings (SSSR count). The largest absolute Gasteiger partial charge is 0.383 e.